The van der Waals surface area contributed by atoms with E-state index in [1.807, 2.05) is 6.92 Å². The van der Waals surface area contributed by atoms with Gasteiger partial charge in [0.1, 0.15) is 6.10 Å². The van der Waals surface area contributed by atoms with Crippen LogP contribution in [0.25, 0.3) is 0 Å². The summed E-state index contributed by atoms with van der Waals surface area (Å²) >= 11 is 0. The summed E-state index contributed by atoms with van der Waals surface area (Å²) in [6.45, 7) is 5.60. The lowest BCUT2D eigenvalue weighted by atomic mass is 10.2. The van der Waals surface area contributed by atoms with E-state index in [1.165, 1.54) is 0 Å². The van der Waals surface area contributed by atoms with Crippen molar-refractivity contribution < 1.29 is 9.53 Å². The predicted octanol–water partition coefficient (Wildman–Crippen LogP) is 2.81. The van der Waals surface area contributed by atoms with Gasteiger partial charge in [-0.05, 0) is 32.2 Å². The number of alkyl carbamates (subject to hydrolysis) is 1. The first-order valence-corrected chi connectivity index (χ1v) is 6.89. The Labute approximate surface area is 105 Å². The van der Waals surface area contributed by atoms with Crippen LogP contribution in [0.15, 0.2) is 0 Å². The maximum atomic E-state index is 11.4. The summed E-state index contributed by atoms with van der Waals surface area (Å²) < 4.78 is 5.30. The molecule has 0 aliphatic heterocycles. The summed E-state index contributed by atoms with van der Waals surface area (Å²) in [5, 5.41) is 2.79. The average molecular weight is 244 g/mol. The SMILES string of the molecule is CCCC(CC)OC(=O)NCCCCCCN. The van der Waals surface area contributed by atoms with E-state index in [9.17, 15) is 4.79 Å². The first-order chi connectivity index (χ1) is 8.24. The Morgan fingerprint density at radius 3 is 2.53 bits per heavy atom. The van der Waals surface area contributed by atoms with Crippen molar-refractivity contribution in [1.82, 2.24) is 5.32 Å². The third-order valence-electron chi connectivity index (χ3n) is 2.74. The van der Waals surface area contributed by atoms with Gasteiger partial charge in [0.15, 0.2) is 0 Å². The Morgan fingerprint density at radius 1 is 1.24 bits per heavy atom. The van der Waals surface area contributed by atoms with Crippen LogP contribution in [0.2, 0.25) is 0 Å². The highest BCUT2D eigenvalue weighted by Crippen LogP contribution is 2.06. The summed E-state index contributed by atoms with van der Waals surface area (Å²) in [7, 11) is 0. The van der Waals surface area contributed by atoms with Gasteiger partial charge in [0.25, 0.3) is 0 Å². The molecule has 0 spiro atoms. The highest BCUT2D eigenvalue weighted by Gasteiger charge is 2.10. The lowest BCUT2D eigenvalue weighted by Crippen LogP contribution is -2.29. The van der Waals surface area contributed by atoms with Gasteiger partial charge in [0.2, 0.25) is 0 Å². The molecule has 0 saturated carbocycles. The van der Waals surface area contributed by atoms with Crippen molar-refractivity contribution in [2.24, 2.45) is 5.73 Å². The number of carbonyl (C=O) groups excluding carboxylic acids is 1. The summed E-state index contributed by atoms with van der Waals surface area (Å²) in [4.78, 5) is 11.4. The molecule has 0 aromatic carbocycles. The van der Waals surface area contributed by atoms with E-state index in [0.717, 1.165) is 51.5 Å². The number of amides is 1. The smallest absolute Gasteiger partial charge is 0.407 e. The normalized spacial score (nSPS) is 12.2. The van der Waals surface area contributed by atoms with Crippen molar-refractivity contribution in [1.29, 1.82) is 0 Å². The van der Waals surface area contributed by atoms with Crippen molar-refractivity contribution >= 4 is 6.09 Å². The van der Waals surface area contributed by atoms with Gasteiger partial charge in [0.05, 0.1) is 0 Å². The summed E-state index contributed by atoms with van der Waals surface area (Å²) in [6.07, 6.45) is 6.99. The molecule has 1 atom stereocenters. The van der Waals surface area contributed by atoms with Crippen molar-refractivity contribution in [2.75, 3.05) is 13.1 Å². The zero-order valence-electron chi connectivity index (χ0n) is 11.3. The summed E-state index contributed by atoms with van der Waals surface area (Å²) in [6, 6.07) is 0. The topological polar surface area (TPSA) is 64.3 Å². The summed E-state index contributed by atoms with van der Waals surface area (Å²) in [5.74, 6) is 0. The second-order valence-corrected chi connectivity index (χ2v) is 4.35. The van der Waals surface area contributed by atoms with Gasteiger partial charge in [-0.1, -0.05) is 33.1 Å². The van der Waals surface area contributed by atoms with Gasteiger partial charge < -0.3 is 15.8 Å². The monoisotopic (exact) mass is 244 g/mol. The van der Waals surface area contributed by atoms with Crippen LogP contribution in [-0.4, -0.2) is 25.3 Å². The Morgan fingerprint density at radius 2 is 1.94 bits per heavy atom. The molecule has 0 aromatic heterocycles. The zero-order chi connectivity index (χ0) is 12.9. The molecule has 0 rings (SSSR count). The molecule has 4 heteroatoms. The predicted molar refractivity (Wildman–Crippen MR) is 71.0 cm³/mol. The fourth-order valence-electron chi connectivity index (χ4n) is 1.67. The van der Waals surface area contributed by atoms with Crippen LogP contribution in [0, 0.1) is 0 Å². The fraction of sp³-hybridized carbons (Fsp3) is 0.923. The first-order valence-electron chi connectivity index (χ1n) is 6.89. The third kappa shape index (κ3) is 10.1. The van der Waals surface area contributed by atoms with E-state index < -0.39 is 0 Å². The van der Waals surface area contributed by atoms with Crippen LogP contribution >= 0.6 is 0 Å². The number of rotatable bonds is 10. The molecule has 0 aliphatic rings. The van der Waals surface area contributed by atoms with E-state index in [0.29, 0.717) is 6.54 Å². The van der Waals surface area contributed by atoms with Crippen molar-refractivity contribution in [2.45, 2.75) is 64.9 Å². The molecule has 0 heterocycles. The minimum absolute atomic E-state index is 0.0669. The van der Waals surface area contributed by atoms with E-state index in [1.54, 1.807) is 0 Å². The number of hydrogen-bond donors (Lipinski definition) is 2. The van der Waals surface area contributed by atoms with Gasteiger partial charge in [0, 0.05) is 6.54 Å². The molecule has 1 unspecified atom stereocenters. The van der Waals surface area contributed by atoms with Crippen LogP contribution in [0.5, 0.6) is 0 Å². The van der Waals surface area contributed by atoms with E-state index >= 15 is 0 Å². The second kappa shape index (κ2) is 11.7. The Hall–Kier alpha value is -0.770. The molecule has 1 amide bonds. The number of nitrogens with two attached hydrogens (primary N) is 1. The standard InChI is InChI=1S/C13H28N2O2/c1-3-9-12(4-2)17-13(16)15-11-8-6-5-7-10-14/h12H,3-11,14H2,1-2H3,(H,15,16). The molecule has 0 aliphatic carbocycles. The quantitative estimate of drug-likeness (QED) is 0.581. The van der Waals surface area contributed by atoms with E-state index in [-0.39, 0.29) is 12.2 Å². The lowest BCUT2D eigenvalue weighted by Gasteiger charge is -2.15. The van der Waals surface area contributed by atoms with Gasteiger partial charge in [-0.15, -0.1) is 0 Å². The first kappa shape index (κ1) is 16.2. The number of carbonyl (C=O) groups is 1. The molecule has 4 nitrogen and oxygen atoms in total. The van der Waals surface area contributed by atoms with Crippen molar-refractivity contribution in [3.05, 3.63) is 0 Å². The molecule has 0 radical (unpaired) electrons. The summed E-state index contributed by atoms with van der Waals surface area (Å²) in [5.41, 5.74) is 5.40. The van der Waals surface area contributed by atoms with Gasteiger partial charge in [-0.2, -0.15) is 0 Å². The lowest BCUT2D eigenvalue weighted by molar-refractivity contribution is 0.0898. The molecule has 0 aromatic rings. The van der Waals surface area contributed by atoms with E-state index in [4.69, 9.17) is 10.5 Å². The largest absolute Gasteiger partial charge is 0.446 e. The molecule has 0 saturated heterocycles. The Balaban J connectivity index is 3.44. The maximum absolute atomic E-state index is 11.4. The molecule has 0 bridgehead atoms. The Bertz CT molecular complexity index is 186. The number of unbranched alkanes of at least 4 members (excludes halogenated alkanes) is 3. The number of nitrogens with one attached hydrogen (secondary N) is 1. The van der Waals surface area contributed by atoms with Gasteiger partial charge >= 0.3 is 6.09 Å². The van der Waals surface area contributed by atoms with Crippen LogP contribution in [0.1, 0.15) is 58.8 Å². The fourth-order valence-corrected chi connectivity index (χ4v) is 1.67. The minimum atomic E-state index is -0.274. The molecule has 102 valence electrons. The van der Waals surface area contributed by atoms with E-state index in [2.05, 4.69) is 12.2 Å². The van der Waals surface area contributed by atoms with Crippen molar-refractivity contribution in [3.63, 3.8) is 0 Å². The second-order valence-electron chi connectivity index (χ2n) is 4.35. The zero-order valence-corrected chi connectivity index (χ0v) is 11.3. The van der Waals surface area contributed by atoms with Gasteiger partial charge in [-0.3, -0.25) is 0 Å². The minimum Gasteiger partial charge on any atom is -0.446 e. The Kier molecular flexibility index (Phi) is 11.2. The number of ether oxygens (including phenoxy) is 1. The molecule has 3 N–H and O–H groups in total. The maximum Gasteiger partial charge on any atom is 0.407 e. The van der Waals surface area contributed by atoms with Crippen molar-refractivity contribution in [3.8, 4) is 0 Å². The average Bonchev–Trinajstić information content (AvgIpc) is 2.33. The molecule has 17 heavy (non-hydrogen) atoms. The number of hydrogen-bond acceptors (Lipinski definition) is 3. The van der Waals surface area contributed by atoms with Crippen LogP contribution in [0.3, 0.4) is 0 Å². The third-order valence-corrected chi connectivity index (χ3v) is 2.74. The van der Waals surface area contributed by atoms with Crippen LogP contribution in [-0.2, 0) is 4.74 Å². The van der Waals surface area contributed by atoms with Gasteiger partial charge in [-0.25, -0.2) is 4.79 Å². The van der Waals surface area contributed by atoms with Crippen LogP contribution in [0.4, 0.5) is 4.79 Å². The van der Waals surface area contributed by atoms with Crippen LogP contribution < -0.4 is 11.1 Å². The highest BCUT2D eigenvalue weighted by atomic mass is 16.6. The molecular formula is C13H28N2O2. The highest BCUT2D eigenvalue weighted by molar-refractivity contribution is 5.67. The molecular weight excluding hydrogens is 216 g/mol. The molecule has 0 fully saturated rings.